The van der Waals surface area contributed by atoms with Crippen LogP contribution in [0.25, 0.3) is 6.08 Å². The van der Waals surface area contributed by atoms with Gasteiger partial charge in [-0.25, -0.2) is 4.39 Å². The summed E-state index contributed by atoms with van der Waals surface area (Å²) in [6.07, 6.45) is 3.65. The van der Waals surface area contributed by atoms with Gasteiger partial charge in [-0.3, -0.25) is 5.43 Å². The van der Waals surface area contributed by atoms with Crippen molar-refractivity contribution in [3.8, 4) is 0 Å². The van der Waals surface area contributed by atoms with Crippen molar-refractivity contribution in [1.29, 1.82) is 0 Å². The maximum Gasteiger partial charge on any atom is 0.191 e. The molecule has 0 atom stereocenters. The molecule has 0 saturated heterocycles. The fraction of sp³-hybridized carbons (Fsp3) is 0.0588. The third kappa shape index (κ3) is 5.10. The third-order valence-corrected chi connectivity index (χ3v) is 2.94. The molecule has 2 N–H and O–H groups in total. The summed E-state index contributed by atoms with van der Waals surface area (Å²) in [6.45, 7) is 1.94. The van der Waals surface area contributed by atoms with Crippen molar-refractivity contribution in [2.75, 3.05) is 5.32 Å². The summed E-state index contributed by atoms with van der Waals surface area (Å²) >= 11 is 5.06. The average Bonchev–Trinajstić information content (AvgIpc) is 2.50. The molecule has 112 valence electrons. The van der Waals surface area contributed by atoms with E-state index in [4.69, 9.17) is 12.2 Å². The lowest BCUT2D eigenvalue weighted by Crippen LogP contribution is -2.24. The van der Waals surface area contributed by atoms with Gasteiger partial charge in [0.25, 0.3) is 0 Å². The van der Waals surface area contributed by atoms with Crippen LogP contribution in [0.1, 0.15) is 12.5 Å². The largest absolute Gasteiger partial charge is 0.329 e. The van der Waals surface area contributed by atoms with Gasteiger partial charge in [-0.05, 0) is 42.4 Å². The molecule has 0 radical (unpaired) electrons. The molecule has 3 nitrogen and oxygen atoms in total. The van der Waals surface area contributed by atoms with Crippen molar-refractivity contribution in [2.45, 2.75) is 6.92 Å². The maximum atomic E-state index is 13.4. The van der Waals surface area contributed by atoms with E-state index in [9.17, 15) is 4.39 Å². The van der Waals surface area contributed by atoms with Gasteiger partial charge in [0.15, 0.2) is 5.11 Å². The van der Waals surface area contributed by atoms with Crippen LogP contribution in [0.4, 0.5) is 10.1 Å². The Morgan fingerprint density at radius 1 is 1.09 bits per heavy atom. The standard InChI is InChI=1S/C17H16FN3S/c1-13(11-14-7-3-2-4-8-14)12-19-21-17(22)20-16-10-6-5-9-15(16)18/h2-12H,1H3,(H2,20,21,22)/b13-11+,19-12+. The van der Waals surface area contributed by atoms with Gasteiger partial charge in [-0.1, -0.05) is 48.5 Å². The van der Waals surface area contributed by atoms with Gasteiger partial charge in [-0.2, -0.15) is 5.10 Å². The number of rotatable bonds is 4. The number of benzene rings is 2. The van der Waals surface area contributed by atoms with Gasteiger partial charge < -0.3 is 5.32 Å². The summed E-state index contributed by atoms with van der Waals surface area (Å²) in [6, 6.07) is 16.2. The molecule has 0 amide bonds. The lowest BCUT2D eigenvalue weighted by molar-refractivity contribution is 0.632. The Morgan fingerprint density at radius 2 is 1.77 bits per heavy atom. The minimum absolute atomic E-state index is 0.230. The number of allylic oxidation sites excluding steroid dienone is 1. The number of halogens is 1. The van der Waals surface area contributed by atoms with Gasteiger partial charge in [0.05, 0.1) is 11.9 Å². The minimum atomic E-state index is -0.365. The zero-order valence-electron chi connectivity index (χ0n) is 12.1. The second kappa shape index (κ2) is 8.05. The number of hydrazone groups is 1. The predicted octanol–water partition coefficient (Wildman–Crippen LogP) is 4.20. The first-order chi connectivity index (χ1) is 10.6. The highest BCUT2D eigenvalue weighted by molar-refractivity contribution is 7.80. The van der Waals surface area contributed by atoms with Gasteiger partial charge in [0.1, 0.15) is 5.82 Å². The van der Waals surface area contributed by atoms with E-state index < -0.39 is 0 Å². The summed E-state index contributed by atoms with van der Waals surface area (Å²) in [7, 11) is 0. The monoisotopic (exact) mass is 313 g/mol. The summed E-state index contributed by atoms with van der Waals surface area (Å²) in [5.41, 5.74) is 5.03. The Bertz CT molecular complexity index is 696. The Labute approximate surface area is 134 Å². The summed E-state index contributed by atoms with van der Waals surface area (Å²) in [4.78, 5) is 0. The molecule has 0 saturated carbocycles. The third-order valence-electron chi connectivity index (χ3n) is 2.75. The smallest absolute Gasteiger partial charge is 0.191 e. The number of hydrogen-bond donors (Lipinski definition) is 2. The van der Waals surface area contributed by atoms with Crippen LogP contribution >= 0.6 is 12.2 Å². The molecule has 0 fully saturated rings. The van der Waals surface area contributed by atoms with Crippen molar-refractivity contribution in [1.82, 2.24) is 5.43 Å². The maximum absolute atomic E-state index is 13.4. The van der Waals surface area contributed by atoms with E-state index in [-0.39, 0.29) is 10.9 Å². The van der Waals surface area contributed by atoms with Gasteiger partial charge in [0, 0.05) is 0 Å². The second-order valence-corrected chi connectivity index (χ2v) is 5.01. The van der Waals surface area contributed by atoms with E-state index in [1.54, 1.807) is 24.4 Å². The molecule has 0 aliphatic rings. The molecule has 0 aromatic heterocycles. The molecule has 2 aromatic carbocycles. The fourth-order valence-electron chi connectivity index (χ4n) is 1.75. The normalized spacial score (nSPS) is 11.5. The zero-order chi connectivity index (χ0) is 15.8. The molecule has 0 heterocycles. The number of nitrogens with one attached hydrogen (secondary N) is 2. The van der Waals surface area contributed by atoms with Crippen molar-refractivity contribution in [2.24, 2.45) is 5.10 Å². The van der Waals surface area contributed by atoms with E-state index in [2.05, 4.69) is 15.8 Å². The highest BCUT2D eigenvalue weighted by Crippen LogP contribution is 2.11. The Balaban J connectivity index is 1.88. The molecule has 5 heteroatoms. The summed E-state index contributed by atoms with van der Waals surface area (Å²) in [5.74, 6) is -0.365. The molecule has 0 unspecified atom stereocenters. The first kappa shape index (κ1) is 15.9. The fourth-order valence-corrected chi connectivity index (χ4v) is 1.92. The van der Waals surface area contributed by atoms with Crippen LogP contribution in [-0.2, 0) is 0 Å². The van der Waals surface area contributed by atoms with Crippen molar-refractivity contribution in [3.05, 3.63) is 71.6 Å². The quantitative estimate of drug-likeness (QED) is 0.504. The van der Waals surface area contributed by atoms with Crippen LogP contribution in [0.5, 0.6) is 0 Å². The van der Waals surface area contributed by atoms with E-state index >= 15 is 0 Å². The van der Waals surface area contributed by atoms with Gasteiger partial charge >= 0.3 is 0 Å². The van der Waals surface area contributed by atoms with E-state index in [1.807, 2.05) is 43.3 Å². The van der Waals surface area contributed by atoms with Crippen molar-refractivity contribution in [3.63, 3.8) is 0 Å². The summed E-state index contributed by atoms with van der Waals surface area (Å²) < 4.78 is 13.4. The molecular formula is C17H16FN3S. The van der Waals surface area contributed by atoms with E-state index in [0.717, 1.165) is 11.1 Å². The molecule has 2 rings (SSSR count). The molecular weight excluding hydrogens is 297 g/mol. The zero-order valence-corrected chi connectivity index (χ0v) is 12.9. The lowest BCUT2D eigenvalue weighted by Gasteiger charge is -2.07. The highest BCUT2D eigenvalue weighted by atomic mass is 32.1. The van der Waals surface area contributed by atoms with Crippen LogP contribution in [0, 0.1) is 5.82 Å². The molecule has 0 bridgehead atoms. The van der Waals surface area contributed by atoms with E-state index in [1.165, 1.54) is 6.07 Å². The molecule has 0 spiro atoms. The highest BCUT2D eigenvalue weighted by Gasteiger charge is 2.01. The number of para-hydroxylation sites is 1. The minimum Gasteiger partial charge on any atom is -0.329 e. The Morgan fingerprint density at radius 3 is 2.50 bits per heavy atom. The Kier molecular flexibility index (Phi) is 5.80. The molecule has 0 aliphatic heterocycles. The first-order valence-electron chi connectivity index (χ1n) is 6.73. The van der Waals surface area contributed by atoms with Crippen LogP contribution in [0.2, 0.25) is 0 Å². The SMILES string of the molecule is CC(/C=N/NC(=S)Nc1ccccc1F)=C\c1ccccc1. The Hall–Kier alpha value is -2.53. The van der Waals surface area contributed by atoms with Crippen molar-refractivity contribution >= 4 is 35.3 Å². The lowest BCUT2D eigenvalue weighted by atomic mass is 10.1. The first-order valence-corrected chi connectivity index (χ1v) is 7.14. The topological polar surface area (TPSA) is 36.4 Å². The van der Waals surface area contributed by atoms with Crippen LogP contribution < -0.4 is 10.7 Å². The molecule has 0 aliphatic carbocycles. The number of hydrogen-bond acceptors (Lipinski definition) is 2. The van der Waals surface area contributed by atoms with Crippen LogP contribution in [-0.4, -0.2) is 11.3 Å². The second-order valence-electron chi connectivity index (χ2n) is 4.60. The number of nitrogens with zero attached hydrogens (tertiary/aromatic N) is 1. The van der Waals surface area contributed by atoms with E-state index in [0.29, 0.717) is 5.69 Å². The molecule has 2 aromatic rings. The number of thiocarbonyl (C=S) groups is 1. The summed E-state index contributed by atoms with van der Waals surface area (Å²) in [5, 5.41) is 7.00. The van der Waals surface area contributed by atoms with Crippen LogP contribution in [0.3, 0.4) is 0 Å². The average molecular weight is 313 g/mol. The van der Waals surface area contributed by atoms with Gasteiger partial charge in [0.2, 0.25) is 0 Å². The predicted molar refractivity (Wildman–Crippen MR) is 94.3 cm³/mol. The molecule has 22 heavy (non-hydrogen) atoms. The van der Waals surface area contributed by atoms with Crippen molar-refractivity contribution < 1.29 is 4.39 Å². The number of anilines is 1. The van der Waals surface area contributed by atoms with Gasteiger partial charge in [-0.15, -0.1) is 0 Å². The van der Waals surface area contributed by atoms with Crippen LogP contribution in [0.15, 0.2) is 65.3 Å².